The van der Waals surface area contributed by atoms with Crippen LogP contribution in [0, 0.1) is 13.8 Å². The number of aromatic nitrogens is 2. The first-order valence-electron chi connectivity index (χ1n) is 7.29. The van der Waals surface area contributed by atoms with Gasteiger partial charge in [0.15, 0.2) is 5.69 Å². The lowest BCUT2D eigenvalue weighted by Gasteiger charge is -1.99. The molecule has 0 spiro atoms. The zero-order valence-corrected chi connectivity index (χ0v) is 13.5. The molecule has 7 heteroatoms. The van der Waals surface area contributed by atoms with E-state index < -0.39 is 11.9 Å². The van der Waals surface area contributed by atoms with Gasteiger partial charge in [-0.05, 0) is 32.0 Å². The summed E-state index contributed by atoms with van der Waals surface area (Å²) in [6.07, 6.45) is 1.63. The Morgan fingerprint density at radius 2 is 2.04 bits per heavy atom. The lowest BCUT2D eigenvalue weighted by molar-refractivity contribution is 0.0437. The van der Waals surface area contributed by atoms with E-state index in [1.54, 1.807) is 13.1 Å². The molecule has 0 aliphatic rings. The molecule has 0 saturated heterocycles. The van der Waals surface area contributed by atoms with E-state index in [0.29, 0.717) is 22.7 Å². The first kappa shape index (κ1) is 15.8. The van der Waals surface area contributed by atoms with Gasteiger partial charge < -0.3 is 18.3 Å². The number of nitrogens with zero attached hydrogens (tertiary/aromatic N) is 2. The number of carbonyl (C=O) groups excluding carboxylic acids is 2. The molecule has 0 radical (unpaired) electrons. The van der Waals surface area contributed by atoms with E-state index in [4.69, 9.17) is 9.15 Å². The third-order valence-electron chi connectivity index (χ3n) is 3.62. The Morgan fingerprint density at radius 1 is 1.25 bits per heavy atom. The zero-order chi connectivity index (χ0) is 17.3. The van der Waals surface area contributed by atoms with Crippen LogP contribution in [-0.4, -0.2) is 28.4 Å². The standard InChI is InChI=1S/C17H16N2O5/c1-10-5-4-6-15-18-14(8-19(10)15)17(21)23-9-12-7-13(11(2)24-12)16(20)22-3/h4-8H,9H2,1-3H3. The predicted octanol–water partition coefficient (Wildman–Crippen LogP) is 2.69. The number of aryl methyl sites for hydroxylation is 2. The van der Waals surface area contributed by atoms with Crippen molar-refractivity contribution in [2.75, 3.05) is 7.11 Å². The van der Waals surface area contributed by atoms with E-state index in [1.807, 2.05) is 29.5 Å². The maximum Gasteiger partial charge on any atom is 0.359 e. The molecule has 0 atom stereocenters. The molecule has 0 aliphatic heterocycles. The maximum atomic E-state index is 12.1. The van der Waals surface area contributed by atoms with Crippen molar-refractivity contribution in [1.29, 1.82) is 0 Å². The van der Waals surface area contributed by atoms with Gasteiger partial charge in [-0.2, -0.15) is 0 Å². The number of esters is 2. The summed E-state index contributed by atoms with van der Waals surface area (Å²) in [7, 11) is 1.29. The maximum absolute atomic E-state index is 12.1. The quantitative estimate of drug-likeness (QED) is 0.685. The zero-order valence-electron chi connectivity index (χ0n) is 13.5. The summed E-state index contributed by atoms with van der Waals surface area (Å²) >= 11 is 0. The monoisotopic (exact) mass is 328 g/mol. The number of fused-ring (bicyclic) bond motifs is 1. The van der Waals surface area contributed by atoms with Crippen LogP contribution in [0.3, 0.4) is 0 Å². The molecule has 0 bridgehead atoms. The summed E-state index contributed by atoms with van der Waals surface area (Å²) in [4.78, 5) is 27.9. The van der Waals surface area contributed by atoms with Crippen LogP contribution in [-0.2, 0) is 16.1 Å². The van der Waals surface area contributed by atoms with Crippen LogP contribution in [0.5, 0.6) is 0 Å². The number of ether oxygens (including phenoxy) is 2. The van der Waals surface area contributed by atoms with E-state index in [0.717, 1.165) is 5.69 Å². The van der Waals surface area contributed by atoms with E-state index in [9.17, 15) is 9.59 Å². The molecule has 3 heterocycles. The largest absolute Gasteiger partial charge is 0.465 e. The average Bonchev–Trinajstić information content (AvgIpc) is 3.16. The van der Waals surface area contributed by atoms with Crippen LogP contribution in [0.4, 0.5) is 0 Å². The SMILES string of the molecule is COC(=O)c1cc(COC(=O)c2cn3c(C)cccc3n2)oc1C. The summed E-state index contributed by atoms with van der Waals surface area (Å²) in [5.74, 6) is -0.283. The van der Waals surface area contributed by atoms with Crippen molar-refractivity contribution < 1.29 is 23.5 Å². The fourth-order valence-electron chi connectivity index (χ4n) is 2.38. The molecule has 0 amide bonds. The van der Waals surface area contributed by atoms with Gasteiger partial charge in [0.05, 0.1) is 7.11 Å². The Kier molecular flexibility index (Phi) is 4.07. The third-order valence-corrected chi connectivity index (χ3v) is 3.62. The highest BCUT2D eigenvalue weighted by Crippen LogP contribution is 2.17. The molecule has 7 nitrogen and oxygen atoms in total. The van der Waals surface area contributed by atoms with Crippen molar-refractivity contribution in [3.8, 4) is 0 Å². The number of carbonyl (C=O) groups is 2. The van der Waals surface area contributed by atoms with Gasteiger partial charge in [-0.1, -0.05) is 6.07 Å². The fraction of sp³-hybridized carbons (Fsp3) is 0.235. The second-order valence-corrected chi connectivity index (χ2v) is 5.27. The summed E-state index contributed by atoms with van der Waals surface area (Å²) < 4.78 is 17.1. The second kappa shape index (κ2) is 6.19. The Labute approximate surface area is 137 Å². The lowest BCUT2D eigenvalue weighted by Crippen LogP contribution is -2.05. The normalized spacial score (nSPS) is 10.8. The Balaban J connectivity index is 1.73. The highest BCUT2D eigenvalue weighted by atomic mass is 16.5. The minimum absolute atomic E-state index is 0.0937. The molecule has 3 aromatic rings. The molecular weight excluding hydrogens is 312 g/mol. The number of rotatable bonds is 4. The number of hydrogen-bond acceptors (Lipinski definition) is 6. The molecule has 24 heavy (non-hydrogen) atoms. The van der Waals surface area contributed by atoms with E-state index >= 15 is 0 Å². The molecule has 0 aliphatic carbocycles. The van der Waals surface area contributed by atoms with Crippen molar-refractivity contribution in [2.24, 2.45) is 0 Å². The van der Waals surface area contributed by atoms with Crippen molar-refractivity contribution in [3.63, 3.8) is 0 Å². The number of furan rings is 1. The number of pyridine rings is 1. The molecule has 0 aromatic carbocycles. The highest BCUT2D eigenvalue weighted by molar-refractivity contribution is 5.90. The van der Waals surface area contributed by atoms with Crippen molar-refractivity contribution >= 4 is 17.6 Å². The third kappa shape index (κ3) is 2.88. The Morgan fingerprint density at radius 3 is 2.75 bits per heavy atom. The Bertz CT molecular complexity index is 922. The first-order chi connectivity index (χ1) is 11.5. The highest BCUT2D eigenvalue weighted by Gasteiger charge is 2.18. The number of imidazole rings is 1. The van der Waals surface area contributed by atoms with Crippen molar-refractivity contribution in [2.45, 2.75) is 20.5 Å². The van der Waals surface area contributed by atoms with Crippen LogP contribution in [0.25, 0.3) is 5.65 Å². The van der Waals surface area contributed by atoms with Gasteiger partial charge in [0.2, 0.25) is 0 Å². The molecule has 3 rings (SSSR count). The molecule has 0 N–H and O–H groups in total. The van der Waals surface area contributed by atoms with Gasteiger partial charge in [-0.15, -0.1) is 0 Å². The molecule has 0 fully saturated rings. The van der Waals surface area contributed by atoms with Gasteiger partial charge in [0, 0.05) is 11.9 Å². The Hall–Kier alpha value is -3.09. The van der Waals surface area contributed by atoms with Crippen LogP contribution in [0.2, 0.25) is 0 Å². The minimum Gasteiger partial charge on any atom is -0.465 e. The minimum atomic E-state index is -0.563. The molecule has 0 unspecified atom stereocenters. The van der Waals surface area contributed by atoms with Gasteiger partial charge in [0.1, 0.15) is 29.3 Å². The number of hydrogen-bond donors (Lipinski definition) is 0. The van der Waals surface area contributed by atoms with Crippen molar-refractivity contribution in [1.82, 2.24) is 9.38 Å². The van der Waals surface area contributed by atoms with E-state index in [1.165, 1.54) is 13.2 Å². The fourth-order valence-corrected chi connectivity index (χ4v) is 2.38. The topological polar surface area (TPSA) is 83.0 Å². The molecule has 0 saturated carbocycles. The molecule has 3 aromatic heterocycles. The van der Waals surface area contributed by atoms with Crippen LogP contribution >= 0.6 is 0 Å². The summed E-state index contributed by atoms with van der Waals surface area (Å²) in [6, 6.07) is 7.10. The summed E-state index contributed by atoms with van der Waals surface area (Å²) in [5, 5.41) is 0. The predicted molar refractivity (Wildman–Crippen MR) is 83.8 cm³/mol. The number of methoxy groups -OCH3 is 1. The average molecular weight is 328 g/mol. The smallest absolute Gasteiger partial charge is 0.359 e. The van der Waals surface area contributed by atoms with Gasteiger partial charge >= 0.3 is 11.9 Å². The van der Waals surface area contributed by atoms with Crippen LogP contribution in [0.1, 0.15) is 38.1 Å². The first-order valence-corrected chi connectivity index (χ1v) is 7.29. The summed E-state index contributed by atoms with van der Waals surface area (Å²) in [6.45, 7) is 3.47. The summed E-state index contributed by atoms with van der Waals surface area (Å²) in [5.41, 5.74) is 2.15. The van der Waals surface area contributed by atoms with E-state index in [2.05, 4.69) is 9.72 Å². The van der Waals surface area contributed by atoms with Crippen LogP contribution < -0.4 is 0 Å². The van der Waals surface area contributed by atoms with Gasteiger partial charge in [-0.25, -0.2) is 14.6 Å². The van der Waals surface area contributed by atoms with Crippen LogP contribution in [0.15, 0.2) is 34.9 Å². The van der Waals surface area contributed by atoms with Gasteiger partial charge in [0.25, 0.3) is 0 Å². The molecule has 124 valence electrons. The van der Waals surface area contributed by atoms with Gasteiger partial charge in [-0.3, -0.25) is 0 Å². The van der Waals surface area contributed by atoms with Crippen molar-refractivity contribution in [3.05, 3.63) is 58.9 Å². The van der Waals surface area contributed by atoms with E-state index in [-0.39, 0.29) is 12.3 Å². The lowest BCUT2D eigenvalue weighted by atomic mass is 10.2. The molecular formula is C17H16N2O5. The second-order valence-electron chi connectivity index (χ2n) is 5.27.